The third-order valence-electron chi connectivity index (χ3n) is 12.0. The molecule has 30 N–H and O–H groups in total. The molecule has 0 bridgehead atoms. The normalized spacial score (nSPS) is 15.6. The Kier molecular flexibility index (Phi) is 190. The summed E-state index contributed by atoms with van der Waals surface area (Å²) in [7, 11) is 25.2. The van der Waals surface area contributed by atoms with Crippen LogP contribution in [0.4, 0.5) is 28.8 Å². The van der Waals surface area contributed by atoms with Crippen LogP contribution in [0.15, 0.2) is 0 Å². The summed E-state index contributed by atoms with van der Waals surface area (Å²) in [6, 6.07) is 0.569. The molecule has 774 valence electrons. The van der Waals surface area contributed by atoms with Crippen LogP contribution in [0.3, 0.4) is 0 Å². The van der Waals surface area contributed by atoms with Gasteiger partial charge in [-0.3, -0.25) is 0 Å². The zero-order valence-electron chi connectivity index (χ0n) is 72.0. The molecule has 0 unspecified atom stereocenters. The summed E-state index contributed by atoms with van der Waals surface area (Å²) < 4.78 is 26.8. The van der Waals surface area contributed by atoms with Crippen LogP contribution in [0.1, 0.15) is 144 Å². The molecular weight excluding hydrogens is 2710 g/mol. The second kappa shape index (κ2) is 141. The SMILES string of the molecule is CCNC(=O)O.CCNC(=O)O.CCNC(=O)O.CCNC(=O)O.CCNC(=O)O.CCNC(=O)O.COCC(=O)O.COCC(=O)O.COCCOCC(=O)O.COCCOCC(=O)O.O=C(O)C(=O)O.O=C(O)C(=O)O.O=C(O)C(=O)O.[CH2-][C@@H]1CCCC[C@H]1[NH-].[CH2-][C@@H]1CCCC[C@H]1[NH-].[CH2-][C@@H]1CCCC[C@H]1[NH-].[CH2-][C@@H]1CCCC[C@H]1[NH-].[Cl][Pt+2][Cl].[Cl][Pt+2][Cl].[NH2-].[NH2-].[Pt+2].[Pt+2].[Pt+2]. The summed E-state index contributed by atoms with van der Waals surface area (Å²) in [5.74, 6) is -13.0. The third kappa shape index (κ3) is 226. The van der Waals surface area contributed by atoms with Gasteiger partial charge in [-0.1, -0.05) is 103 Å². The number of amides is 6. The molecule has 6 amide bonds. The van der Waals surface area contributed by atoms with E-state index in [4.69, 9.17) is 171 Å². The molecule has 4 saturated carbocycles. The minimum atomic E-state index is -1.82. The van der Waals surface area contributed by atoms with Gasteiger partial charge in [0, 0.05) is 67.7 Å². The Balaban J connectivity index is -0.0000000530. The number of hydrogen-bond acceptors (Lipinski definition) is 22. The van der Waals surface area contributed by atoms with Crippen molar-refractivity contribution < 1.29 is 283 Å². The van der Waals surface area contributed by atoms with Crippen LogP contribution in [-0.2, 0) is 173 Å². The van der Waals surface area contributed by atoms with Gasteiger partial charge in [-0.2, -0.15) is 47.8 Å². The van der Waals surface area contributed by atoms with Crippen molar-refractivity contribution in [1.29, 1.82) is 0 Å². The fraction of sp³-hybridized carbons (Fsp3) is 0.706. The summed E-state index contributed by atoms with van der Waals surface area (Å²) in [5.41, 5.74) is 29.7. The van der Waals surface area contributed by atoms with Crippen molar-refractivity contribution in [2.45, 2.75) is 168 Å². The van der Waals surface area contributed by atoms with Crippen molar-refractivity contribution in [3.05, 3.63) is 62.9 Å². The second-order valence-corrected chi connectivity index (χ2v) is 28.6. The Bertz CT molecular complexity index is 2130. The van der Waals surface area contributed by atoms with E-state index in [1.54, 1.807) is 41.5 Å². The molecule has 50 nitrogen and oxygen atoms in total. The zero-order valence-corrected chi connectivity index (χ0v) is 86.4. The first-order valence-electron chi connectivity index (χ1n) is 35.7. The van der Waals surface area contributed by atoms with Gasteiger partial charge >= 0.3 is 230 Å². The minimum Gasteiger partial charge on any atom is -0.693 e. The topological polar surface area (TPSA) is 887 Å². The van der Waals surface area contributed by atoms with E-state index in [0.717, 1.165) is 25.7 Å². The van der Waals surface area contributed by atoms with E-state index < -0.39 is 129 Å². The average molecular weight is 2850 g/mol. The molecule has 0 radical (unpaired) electrons. The summed E-state index contributed by atoms with van der Waals surface area (Å²) >= 11 is -0.944. The molecule has 4 fully saturated rings. The second-order valence-electron chi connectivity index (χ2n) is 22.1. The average Bonchev–Trinajstić information content (AvgIpc) is 0.959. The largest absolute Gasteiger partial charge is 2.00 e. The minimum absolute atomic E-state index is 0. The number of rotatable bonds is 20. The van der Waals surface area contributed by atoms with Crippen molar-refractivity contribution in [2.75, 3.05) is 121 Å². The van der Waals surface area contributed by atoms with Crippen LogP contribution >= 0.6 is 37.7 Å². The first-order chi connectivity index (χ1) is 56.7. The molecule has 4 rings (SSSR count). The monoisotopic (exact) mass is 2840 g/mol. The molecule has 0 saturated heterocycles. The predicted molar refractivity (Wildman–Crippen MR) is 451 cm³/mol. The molecule has 4 aliphatic rings. The number of carboxylic acid groups (broad SMARTS) is 16. The first-order valence-corrected chi connectivity index (χ1v) is 46.9. The van der Waals surface area contributed by atoms with Gasteiger partial charge in [0.2, 0.25) is 0 Å². The van der Waals surface area contributed by atoms with Crippen LogP contribution in [0.25, 0.3) is 35.2 Å². The van der Waals surface area contributed by atoms with Gasteiger partial charge in [0.05, 0.1) is 26.4 Å². The molecule has 0 heterocycles. The summed E-state index contributed by atoms with van der Waals surface area (Å²) in [6.45, 7) is 29.5. The first kappa shape index (κ1) is 171. The zero-order chi connectivity index (χ0) is 99.0. The number of halogens is 4. The molecule has 0 aromatic rings. The van der Waals surface area contributed by atoms with E-state index in [2.05, 4.69) is 88.0 Å². The van der Waals surface area contributed by atoms with E-state index in [1.807, 2.05) is 0 Å². The Labute approximate surface area is 818 Å². The van der Waals surface area contributed by atoms with Gasteiger partial charge in [-0.25, -0.2) is 76.7 Å². The van der Waals surface area contributed by atoms with Crippen LogP contribution in [-0.4, -0.2) is 323 Å². The standard InChI is InChI=1S/4C7H13N.2C5H10O4.6C3H7NO2.2C3H6O3.3C2H2O4.4ClH.2H2N.5Pt/c4*1-6-4-2-3-5-7(6)8;2*1-8-2-3-9-4-5(6)7;6*1-2-4-3(5)6;2*1-6-2-3(4)5;3*3-1(4)2(5)6;;;;;;;;;;;/h4*6-8H,1-5H2;2*2-4H2,1H3,(H,6,7);6*4H,2H2,1H3,(H,5,6);2*2H2,1H3,(H,4,5);3*(H,3,4)(H,5,6);4*1H;2*1H2;;;;;/q4*-2;;;;;;;;;;;;;;;;;;2*-1;3*+2;2*+4/p-4/t4*6-,7-;;;;;;;;;;;;;;;;;;;;;;;;/m1111......................../s1. The van der Waals surface area contributed by atoms with Crippen LogP contribution in [0, 0.1) is 51.4 Å². The van der Waals surface area contributed by atoms with Crippen LogP contribution in [0.2, 0.25) is 0 Å². The Hall–Kier alpha value is -5.56. The van der Waals surface area contributed by atoms with Gasteiger partial charge in [0.1, 0.15) is 26.4 Å². The number of carbonyl (C=O) groups is 16. The summed E-state index contributed by atoms with van der Waals surface area (Å²) in [4.78, 5) is 150. The van der Waals surface area contributed by atoms with Gasteiger partial charge < -0.3 is 205 Å². The number of nitrogens with two attached hydrogens (primary N) is 2. The van der Waals surface area contributed by atoms with Crippen molar-refractivity contribution in [1.82, 2.24) is 31.9 Å². The van der Waals surface area contributed by atoms with Crippen molar-refractivity contribution in [3.8, 4) is 0 Å². The fourth-order valence-corrected chi connectivity index (χ4v) is 6.59. The maximum Gasteiger partial charge on any atom is 2.00 e. The quantitative estimate of drug-likeness (QED) is 0.0306. The number of carboxylic acids is 10. The Morgan fingerprint density at radius 2 is 0.417 bits per heavy atom. The van der Waals surface area contributed by atoms with E-state index in [1.165, 1.54) is 105 Å². The number of methoxy groups -OCH3 is 4. The van der Waals surface area contributed by atoms with Crippen LogP contribution in [0.5, 0.6) is 0 Å². The molecule has 4 aliphatic carbocycles. The molecule has 8 atom stereocenters. The summed E-state index contributed by atoms with van der Waals surface area (Å²) in [5, 5.41) is 136. The molecule has 0 spiro atoms. The fourth-order valence-electron chi connectivity index (χ4n) is 6.59. The maximum atomic E-state index is 9.80. The Morgan fingerprint density at radius 3 is 0.472 bits per heavy atom. The third-order valence-corrected chi connectivity index (χ3v) is 12.0. The number of ether oxygens (including phenoxy) is 6. The van der Waals surface area contributed by atoms with Crippen molar-refractivity contribution >= 4 is 134 Å². The van der Waals surface area contributed by atoms with Gasteiger partial charge in [-0.15, -0.1) is 0 Å². The van der Waals surface area contributed by atoms with E-state index >= 15 is 0 Å². The van der Waals surface area contributed by atoms with Crippen LogP contribution < -0.4 is 31.9 Å². The van der Waals surface area contributed by atoms with E-state index in [9.17, 15) is 47.9 Å². The predicted octanol–water partition coefficient (Wildman–Crippen LogP) is 11.9. The smallest absolute Gasteiger partial charge is 0.693 e. The van der Waals surface area contributed by atoms with Gasteiger partial charge in [0.15, 0.2) is 0 Å². The molecule has 59 heteroatoms. The number of nitrogens with one attached hydrogen (secondary N) is 10. The molecule has 0 aliphatic heterocycles. The van der Waals surface area contributed by atoms with E-state index in [-0.39, 0.29) is 126 Å². The van der Waals surface area contributed by atoms with Crippen molar-refractivity contribution in [3.63, 3.8) is 0 Å². The van der Waals surface area contributed by atoms with Crippen molar-refractivity contribution in [2.24, 2.45) is 23.7 Å². The summed E-state index contributed by atoms with van der Waals surface area (Å²) in [6.07, 6.45) is 13.4. The molecule has 0 aromatic carbocycles. The van der Waals surface area contributed by atoms with E-state index in [0.29, 0.717) is 89.4 Å². The molecular formula is C68H136Cl4N12O38Pt5. The molecule has 127 heavy (non-hydrogen) atoms. The maximum absolute atomic E-state index is 9.80. The Morgan fingerprint density at radius 1 is 0.283 bits per heavy atom. The number of aliphatic carboxylic acids is 10. The van der Waals surface area contributed by atoms with Gasteiger partial charge in [-0.05, 0) is 41.5 Å². The molecule has 0 aromatic heterocycles. The van der Waals surface area contributed by atoms with Gasteiger partial charge in [0.25, 0.3) is 0 Å². The number of hydrogen-bond donors (Lipinski definition) is 22.